The van der Waals surface area contributed by atoms with Crippen LogP contribution in [0.3, 0.4) is 0 Å². The molecule has 2 heterocycles. The maximum atomic E-state index is 13.0. The molecule has 0 radical (unpaired) electrons. The van der Waals surface area contributed by atoms with E-state index in [1.54, 1.807) is 24.0 Å². The lowest BCUT2D eigenvalue weighted by Gasteiger charge is -2.34. The fourth-order valence-corrected chi connectivity index (χ4v) is 4.21. The van der Waals surface area contributed by atoms with Gasteiger partial charge in [0.15, 0.2) is 0 Å². The Bertz CT molecular complexity index is 770. The van der Waals surface area contributed by atoms with Gasteiger partial charge in [0, 0.05) is 28.2 Å². The highest BCUT2D eigenvalue weighted by Gasteiger charge is 2.50. The number of urea groups is 1. The van der Waals surface area contributed by atoms with Crippen molar-refractivity contribution in [2.24, 2.45) is 0 Å². The number of nitrogens with one attached hydrogen (secondary N) is 1. The number of likely N-dealkylation sites (tertiary alicyclic amines) is 1. The number of halogens is 2. The minimum Gasteiger partial charge on any atom is -0.338 e. The van der Waals surface area contributed by atoms with Gasteiger partial charge in [-0.05, 0) is 45.2 Å². The molecule has 1 aromatic carbocycles. The van der Waals surface area contributed by atoms with Gasteiger partial charge in [-0.15, -0.1) is 0 Å². The number of imide groups is 1. The van der Waals surface area contributed by atoms with Crippen LogP contribution in [-0.2, 0) is 15.1 Å². The first kappa shape index (κ1) is 19.0. The van der Waals surface area contributed by atoms with Crippen molar-refractivity contribution >= 4 is 41.0 Å². The highest BCUT2D eigenvalue weighted by molar-refractivity contribution is 6.35. The molecule has 1 N–H and O–H groups in total. The quantitative estimate of drug-likeness (QED) is 0.796. The maximum Gasteiger partial charge on any atom is 0.325 e. The summed E-state index contributed by atoms with van der Waals surface area (Å²) >= 11 is 12.1. The van der Waals surface area contributed by atoms with Gasteiger partial charge in [0.25, 0.3) is 5.91 Å². The highest BCUT2D eigenvalue weighted by Crippen LogP contribution is 2.35. The molecule has 2 aliphatic rings. The zero-order valence-electron chi connectivity index (χ0n) is 14.7. The molecule has 0 unspecified atom stereocenters. The van der Waals surface area contributed by atoms with Crippen LogP contribution in [0.2, 0.25) is 10.0 Å². The summed E-state index contributed by atoms with van der Waals surface area (Å²) in [5, 5.41) is 3.38. The zero-order valence-corrected chi connectivity index (χ0v) is 16.2. The van der Waals surface area contributed by atoms with E-state index in [2.05, 4.69) is 5.32 Å². The number of benzene rings is 1. The molecule has 2 fully saturated rings. The number of hydrogen-bond acceptors (Lipinski definition) is 3. The number of amides is 4. The van der Waals surface area contributed by atoms with Crippen molar-refractivity contribution in [3.05, 3.63) is 33.8 Å². The van der Waals surface area contributed by atoms with Crippen molar-refractivity contribution in [1.29, 1.82) is 0 Å². The van der Waals surface area contributed by atoms with Crippen LogP contribution >= 0.6 is 23.2 Å². The van der Waals surface area contributed by atoms with E-state index < -0.39 is 17.5 Å². The third-order valence-corrected chi connectivity index (χ3v) is 5.71. The lowest BCUT2D eigenvalue weighted by atomic mass is 9.92. The van der Waals surface area contributed by atoms with Crippen LogP contribution in [0.25, 0.3) is 0 Å². The van der Waals surface area contributed by atoms with Gasteiger partial charge < -0.3 is 10.2 Å². The van der Waals surface area contributed by atoms with E-state index in [9.17, 15) is 14.4 Å². The Labute approximate surface area is 162 Å². The minimum absolute atomic E-state index is 0.120. The molecule has 140 valence electrons. The lowest BCUT2D eigenvalue weighted by Crippen LogP contribution is -2.48. The number of rotatable bonds is 3. The molecule has 0 saturated carbocycles. The van der Waals surface area contributed by atoms with Gasteiger partial charge in [0.05, 0.1) is 0 Å². The molecule has 4 amide bonds. The lowest BCUT2D eigenvalue weighted by molar-refractivity contribution is -0.140. The molecule has 1 aromatic rings. The molecule has 2 atom stereocenters. The smallest absolute Gasteiger partial charge is 0.325 e. The van der Waals surface area contributed by atoms with Crippen LogP contribution in [0.4, 0.5) is 4.79 Å². The predicted molar refractivity (Wildman–Crippen MR) is 99.1 cm³/mol. The van der Waals surface area contributed by atoms with E-state index in [0.717, 1.165) is 24.2 Å². The van der Waals surface area contributed by atoms with Crippen LogP contribution < -0.4 is 5.32 Å². The van der Waals surface area contributed by atoms with Gasteiger partial charge in [-0.1, -0.05) is 29.3 Å². The summed E-state index contributed by atoms with van der Waals surface area (Å²) in [6.07, 6.45) is 2.96. The van der Waals surface area contributed by atoms with Crippen LogP contribution in [0.5, 0.6) is 0 Å². The summed E-state index contributed by atoms with van der Waals surface area (Å²) in [5.74, 6) is -0.711. The first-order valence-corrected chi connectivity index (χ1v) is 9.38. The number of carbonyl (C=O) groups excluding carboxylic acids is 3. The number of carbonyl (C=O) groups is 3. The van der Waals surface area contributed by atoms with Crippen molar-refractivity contribution in [2.75, 3.05) is 13.1 Å². The molecule has 2 aliphatic heterocycles. The van der Waals surface area contributed by atoms with E-state index >= 15 is 0 Å². The second kappa shape index (κ2) is 7.08. The van der Waals surface area contributed by atoms with Gasteiger partial charge in [-0.25, -0.2) is 4.79 Å². The molecule has 0 aliphatic carbocycles. The monoisotopic (exact) mass is 397 g/mol. The summed E-state index contributed by atoms with van der Waals surface area (Å²) in [6, 6.07) is 4.26. The first-order chi connectivity index (χ1) is 12.2. The average molecular weight is 398 g/mol. The molecule has 6 nitrogen and oxygen atoms in total. The van der Waals surface area contributed by atoms with Gasteiger partial charge in [0.2, 0.25) is 5.91 Å². The Morgan fingerprint density at radius 2 is 2.04 bits per heavy atom. The fraction of sp³-hybridized carbons (Fsp3) is 0.500. The maximum absolute atomic E-state index is 13.0. The van der Waals surface area contributed by atoms with Gasteiger partial charge in [-0.3, -0.25) is 14.5 Å². The van der Waals surface area contributed by atoms with E-state index in [1.807, 2.05) is 6.92 Å². The van der Waals surface area contributed by atoms with E-state index in [1.165, 1.54) is 6.07 Å². The predicted octanol–water partition coefficient (Wildman–Crippen LogP) is 3.16. The van der Waals surface area contributed by atoms with E-state index in [0.29, 0.717) is 17.1 Å². The largest absolute Gasteiger partial charge is 0.338 e. The zero-order chi connectivity index (χ0) is 19.1. The molecule has 3 rings (SSSR count). The molecule has 2 saturated heterocycles. The van der Waals surface area contributed by atoms with Crippen LogP contribution in [0.1, 0.15) is 38.7 Å². The van der Waals surface area contributed by atoms with Crippen LogP contribution in [0.15, 0.2) is 18.2 Å². The Balaban J connectivity index is 1.81. The second-order valence-corrected chi connectivity index (χ2v) is 7.85. The standard InChI is InChI=1S/C18H21Cl2N3O3/c1-11-5-3-4-8-22(11)15(24)10-23-16(25)18(2,21-17(23)26)13-7-6-12(19)9-14(13)20/h6-7,9,11H,3-5,8,10H2,1-2H3,(H,21,26)/t11-,18-/m1/s1. The third kappa shape index (κ3) is 3.28. The van der Waals surface area contributed by atoms with Crippen LogP contribution in [0, 0.1) is 0 Å². The molecule has 26 heavy (non-hydrogen) atoms. The number of hydrogen-bond donors (Lipinski definition) is 1. The first-order valence-electron chi connectivity index (χ1n) is 8.63. The molecule has 0 aromatic heterocycles. The van der Waals surface area contributed by atoms with E-state index in [-0.39, 0.29) is 23.5 Å². The fourth-order valence-electron chi connectivity index (χ4n) is 3.61. The average Bonchev–Trinajstić information content (AvgIpc) is 2.79. The van der Waals surface area contributed by atoms with Crippen molar-refractivity contribution in [2.45, 2.75) is 44.7 Å². The minimum atomic E-state index is -1.33. The SMILES string of the molecule is C[C@@H]1CCCCN1C(=O)CN1C(=O)N[C@](C)(c2ccc(Cl)cc2Cl)C1=O. The number of piperidine rings is 1. The second-order valence-electron chi connectivity index (χ2n) is 7.00. The summed E-state index contributed by atoms with van der Waals surface area (Å²) in [7, 11) is 0. The Morgan fingerprint density at radius 3 is 2.69 bits per heavy atom. The Hall–Kier alpha value is -1.79. The number of nitrogens with zero attached hydrogens (tertiary/aromatic N) is 2. The summed E-state index contributed by atoms with van der Waals surface area (Å²) in [4.78, 5) is 40.7. The summed E-state index contributed by atoms with van der Waals surface area (Å²) < 4.78 is 0. The van der Waals surface area contributed by atoms with Gasteiger partial charge in [-0.2, -0.15) is 0 Å². The van der Waals surface area contributed by atoms with Gasteiger partial charge in [0.1, 0.15) is 12.1 Å². The topological polar surface area (TPSA) is 69.7 Å². The summed E-state index contributed by atoms with van der Waals surface area (Å²) in [5.41, 5.74) is -0.879. The Kier molecular flexibility index (Phi) is 5.17. The van der Waals surface area contributed by atoms with Crippen molar-refractivity contribution in [1.82, 2.24) is 15.1 Å². The third-order valence-electron chi connectivity index (χ3n) is 5.16. The van der Waals surface area contributed by atoms with Crippen molar-refractivity contribution in [3.8, 4) is 0 Å². The molecular weight excluding hydrogens is 377 g/mol. The van der Waals surface area contributed by atoms with Crippen LogP contribution in [-0.4, -0.2) is 46.8 Å². The molecular formula is C18H21Cl2N3O3. The normalized spacial score (nSPS) is 26.2. The van der Waals surface area contributed by atoms with E-state index in [4.69, 9.17) is 23.2 Å². The summed E-state index contributed by atoms with van der Waals surface area (Å²) in [6.45, 7) is 3.95. The molecule has 8 heteroatoms. The van der Waals surface area contributed by atoms with Crippen molar-refractivity contribution in [3.63, 3.8) is 0 Å². The van der Waals surface area contributed by atoms with Gasteiger partial charge >= 0.3 is 6.03 Å². The molecule has 0 bridgehead atoms. The Morgan fingerprint density at radius 1 is 1.31 bits per heavy atom. The highest BCUT2D eigenvalue weighted by atomic mass is 35.5. The molecule has 0 spiro atoms. The van der Waals surface area contributed by atoms with Crippen molar-refractivity contribution < 1.29 is 14.4 Å².